The van der Waals surface area contributed by atoms with Crippen molar-refractivity contribution >= 4 is 29.0 Å². The summed E-state index contributed by atoms with van der Waals surface area (Å²) in [6.07, 6.45) is 3.74. The summed E-state index contributed by atoms with van der Waals surface area (Å²) < 4.78 is 0. The fourth-order valence-electron chi connectivity index (χ4n) is 1.61. The predicted molar refractivity (Wildman–Crippen MR) is 71.1 cm³/mol. The van der Waals surface area contributed by atoms with Crippen molar-refractivity contribution in [2.45, 2.75) is 6.42 Å². The average Bonchev–Trinajstić information content (AvgIpc) is 2.63. The van der Waals surface area contributed by atoms with Gasteiger partial charge in [0.05, 0.1) is 4.91 Å². The number of allylic oxidation sites excluding steroid dienone is 1. The van der Waals surface area contributed by atoms with Gasteiger partial charge in [-0.15, -0.1) is 6.58 Å². The summed E-state index contributed by atoms with van der Waals surface area (Å²) in [6.45, 7) is 3.61. The maximum Gasteiger partial charge on any atom is 0.290 e. The maximum absolute atomic E-state index is 11.4. The Bertz CT molecular complexity index is 563. The normalized spacial score (nSPS) is 17.0. The number of imide groups is 1. The number of nitrogens with one attached hydrogen (secondary N) is 1. The molecule has 1 fully saturated rings. The van der Waals surface area contributed by atoms with E-state index < -0.39 is 11.1 Å². The first-order chi connectivity index (χ1) is 8.61. The van der Waals surface area contributed by atoms with Crippen LogP contribution in [0.4, 0.5) is 4.79 Å². The number of thioether (sulfide) groups is 1. The lowest BCUT2D eigenvalue weighted by Crippen LogP contribution is -2.17. The van der Waals surface area contributed by atoms with E-state index in [2.05, 4.69) is 11.9 Å². The summed E-state index contributed by atoms with van der Waals surface area (Å²) in [5, 5.41) is 11.8. The first kappa shape index (κ1) is 12.4. The molecule has 18 heavy (non-hydrogen) atoms. The summed E-state index contributed by atoms with van der Waals surface area (Å²) in [5.41, 5.74) is 1.25. The van der Waals surface area contributed by atoms with Crippen LogP contribution in [0.15, 0.2) is 35.8 Å². The first-order valence-corrected chi connectivity index (χ1v) is 6.10. The zero-order chi connectivity index (χ0) is 13.1. The van der Waals surface area contributed by atoms with Crippen molar-refractivity contribution < 1.29 is 14.7 Å². The van der Waals surface area contributed by atoms with E-state index in [4.69, 9.17) is 0 Å². The van der Waals surface area contributed by atoms with Crippen LogP contribution >= 0.6 is 11.8 Å². The monoisotopic (exact) mass is 261 g/mol. The minimum atomic E-state index is -0.432. The van der Waals surface area contributed by atoms with Crippen LogP contribution in [0.25, 0.3) is 6.08 Å². The molecule has 1 aliphatic rings. The minimum absolute atomic E-state index is 0.109. The van der Waals surface area contributed by atoms with Crippen molar-refractivity contribution in [2.24, 2.45) is 0 Å². The number of carbonyl (C=O) groups is 2. The van der Waals surface area contributed by atoms with Crippen LogP contribution in [0.3, 0.4) is 0 Å². The molecule has 5 heteroatoms. The highest BCUT2D eigenvalue weighted by Gasteiger charge is 2.25. The Kier molecular flexibility index (Phi) is 3.53. The fourth-order valence-corrected chi connectivity index (χ4v) is 2.28. The van der Waals surface area contributed by atoms with Gasteiger partial charge in [0.2, 0.25) is 0 Å². The van der Waals surface area contributed by atoms with Gasteiger partial charge in [-0.3, -0.25) is 14.9 Å². The van der Waals surface area contributed by atoms with Crippen molar-refractivity contribution in [3.05, 3.63) is 46.9 Å². The smallest absolute Gasteiger partial charge is 0.290 e. The standard InChI is InChI=1S/C13H11NO3S/c1-2-4-8-5-3-6-9(11(8)15)7-10-12(16)14-13(17)18-10/h2-3,5-7,15H,1,4H2,(H,14,16,17)/b10-7-. The summed E-state index contributed by atoms with van der Waals surface area (Å²) >= 11 is 0.827. The van der Waals surface area contributed by atoms with Gasteiger partial charge in [0.25, 0.3) is 11.1 Å². The van der Waals surface area contributed by atoms with Gasteiger partial charge in [-0.2, -0.15) is 0 Å². The molecule has 1 heterocycles. The van der Waals surface area contributed by atoms with Crippen LogP contribution in [0.2, 0.25) is 0 Å². The number of carbonyl (C=O) groups excluding carboxylic acids is 2. The molecule has 4 nitrogen and oxygen atoms in total. The fraction of sp³-hybridized carbons (Fsp3) is 0.0769. The maximum atomic E-state index is 11.4. The number of aromatic hydroxyl groups is 1. The molecule has 1 saturated heterocycles. The molecular weight excluding hydrogens is 250 g/mol. The number of para-hydroxylation sites is 1. The zero-order valence-electron chi connectivity index (χ0n) is 9.47. The van der Waals surface area contributed by atoms with E-state index in [1.807, 2.05) is 0 Å². The van der Waals surface area contributed by atoms with Gasteiger partial charge < -0.3 is 5.11 Å². The lowest BCUT2D eigenvalue weighted by atomic mass is 10.1. The number of benzene rings is 1. The van der Waals surface area contributed by atoms with Gasteiger partial charge in [-0.25, -0.2) is 0 Å². The molecule has 2 rings (SSSR count). The summed E-state index contributed by atoms with van der Waals surface area (Å²) in [6, 6.07) is 5.25. The lowest BCUT2D eigenvalue weighted by Gasteiger charge is -2.05. The highest BCUT2D eigenvalue weighted by atomic mass is 32.2. The summed E-state index contributed by atoms with van der Waals surface area (Å²) in [4.78, 5) is 22.7. The molecule has 2 N–H and O–H groups in total. The predicted octanol–water partition coefficient (Wildman–Crippen LogP) is 2.44. The Morgan fingerprint density at radius 3 is 2.78 bits per heavy atom. The number of rotatable bonds is 3. The van der Waals surface area contributed by atoms with Crippen molar-refractivity contribution in [1.82, 2.24) is 5.32 Å². The van der Waals surface area contributed by atoms with Crippen LogP contribution in [0.1, 0.15) is 11.1 Å². The van der Waals surface area contributed by atoms with Crippen LogP contribution in [0, 0.1) is 0 Å². The van der Waals surface area contributed by atoms with Gasteiger partial charge in [0.1, 0.15) is 5.75 Å². The molecule has 0 atom stereocenters. The van der Waals surface area contributed by atoms with Gasteiger partial charge in [-0.05, 0) is 29.8 Å². The van der Waals surface area contributed by atoms with Crippen molar-refractivity contribution in [3.63, 3.8) is 0 Å². The van der Waals surface area contributed by atoms with Gasteiger partial charge >= 0.3 is 0 Å². The van der Waals surface area contributed by atoms with E-state index >= 15 is 0 Å². The molecule has 2 amide bonds. The number of phenolic OH excluding ortho intramolecular Hbond substituents is 1. The second-order valence-electron chi connectivity index (χ2n) is 3.70. The summed E-state index contributed by atoms with van der Waals surface area (Å²) in [7, 11) is 0. The Hall–Kier alpha value is -2.01. The van der Waals surface area contributed by atoms with Crippen LogP contribution < -0.4 is 5.32 Å². The second kappa shape index (κ2) is 5.10. The largest absolute Gasteiger partial charge is 0.507 e. The van der Waals surface area contributed by atoms with Gasteiger partial charge in [0.15, 0.2) is 0 Å². The molecule has 1 aliphatic heterocycles. The molecule has 92 valence electrons. The molecule has 0 radical (unpaired) electrons. The molecule has 1 aromatic carbocycles. The number of phenols is 1. The third-order valence-corrected chi connectivity index (χ3v) is 3.25. The Morgan fingerprint density at radius 1 is 1.39 bits per heavy atom. The lowest BCUT2D eigenvalue weighted by molar-refractivity contribution is -0.115. The molecule has 0 aromatic heterocycles. The van der Waals surface area contributed by atoms with E-state index in [1.54, 1.807) is 24.3 Å². The SMILES string of the molecule is C=CCc1cccc(/C=C2\SC(=O)NC2=O)c1O. The Morgan fingerprint density at radius 2 is 2.17 bits per heavy atom. The topological polar surface area (TPSA) is 66.4 Å². The van der Waals surface area contributed by atoms with Gasteiger partial charge in [-0.1, -0.05) is 24.3 Å². The van der Waals surface area contributed by atoms with E-state index in [0.717, 1.165) is 17.3 Å². The molecule has 0 unspecified atom stereocenters. The minimum Gasteiger partial charge on any atom is -0.507 e. The molecule has 0 bridgehead atoms. The summed E-state index contributed by atoms with van der Waals surface area (Å²) in [5.74, 6) is -0.323. The Balaban J connectivity index is 2.37. The molecular formula is C13H11NO3S. The van der Waals surface area contributed by atoms with Gasteiger partial charge in [0, 0.05) is 5.56 Å². The highest BCUT2D eigenvalue weighted by Crippen LogP contribution is 2.30. The van der Waals surface area contributed by atoms with E-state index in [-0.39, 0.29) is 10.7 Å². The average molecular weight is 261 g/mol. The van der Waals surface area contributed by atoms with Crippen molar-refractivity contribution in [1.29, 1.82) is 0 Å². The van der Waals surface area contributed by atoms with Crippen LogP contribution in [-0.4, -0.2) is 16.3 Å². The van der Waals surface area contributed by atoms with Crippen LogP contribution in [0.5, 0.6) is 5.75 Å². The van der Waals surface area contributed by atoms with E-state index in [9.17, 15) is 14.7 Å². The number of hydrogen-bond acceptors (Lipinski definition) is 4. The second-order valence-corrected chi connectivity index (χ2v) is 4.71. The molecule has 0 spiro atoms. The van der Waals surface area contributed by atoms with Crippen LogP contribution in [-0.2, 0) is 11.2 Å². The number of amides is 2. The third kappa shape index (κ3) is 2.46. The molecule has 0 aliphatic carbocycles. The van der Waals surface area contributed by atoms with Crippen molar-refractivity contribution in [3.8, 4) is 5.75 Å². The Labute approximate surface area is 108 Å². The molecule has 0 saturated carbocycles. The zero-order valence-corrected chi connectivity index (χ0v) is 10.3. The van der Waals surface area contributed by atoms with E-state index in [0.29, 0.717) is 12.0 Å². The molecule has 1 aromatic rings. The first-order valence-electron chi connectivity index (χ1n) is 5.28. The highest BCUT2D eigenvalue weighted by molar-refractivity contribution is 8.18. The third-order valence-electron chi connectivity index (χ3n) is 2.44. The quantitative estimate of drug-likeness (QED) is 0.648. The number of hydrogen-bond donors (Lipinski definition) is 2. The van der Waals surface area contributed by atoms with Crippen molar-refractivity contribution in [2.75, 3.05) is 0 Å². The van der Waals surface area contributed by atoms with E-state index in [1.165, 1.54) is 6.08 Å².